The average molecular weight is 521 g/mol. The van der Waals surface area contributed by atoms with Crippen molar-refractivity contribution in [3.05, 3.63) is 10.6 Å². The number of nitrogens with zero attached hydrogens (tertiary/aromatic N) is 2. The number of fused-ring (bicyclic) bond motifs is 1. The molecule has 0 aromatic heterocycles. The number of rotatable bonds is 7. The van der Waals surface area contributed by atoms with Gasteiger partial charge in [0, 0.05) is 47.8 Å². The third-order valence-electron chi connectivity index (χ3n) is 8.30. The molecular weight excluding hydrogens is 484 g/mol. The van der Waals surface area contributed by atoms with Gasteiger partial charge in [-0.05, 0) is 39.2 Å². The lowest BCUT2D eigenvalue weighted by Crippen LogP contribution is -2.66. The standard InChI is InChI=1S/C24H36N6O5S/c1-11-18-17(12(2)28-21(31)15-4-3-6-26-15)23(33)30(18)19(24(34)35)20(11)36-14-8-16(27-9-14)22(32)29-7-5-13(25)10-29/h11-18,26-27H,3-10,25H2,1-2H3,(H,28,31)(H,34,35)/t11-,12?,13-,14+,15-,16+,17-,18-/m1/s1. The van der Waals surface area contributed by atoms with E-state index in [1.165, 1.54) is 16.7 Å². The van der Waals surface area contributed by atoms with Gasteiger partial charge in [0.25, 0.3) is 0 Å². The largest absolute Gasteiger partial charge is 0.477 e. The minimum absolute atomic E-state index is 0.0275. The van der Waals surface area contributed by atoms with Gasteiger partial charge in [-0.25, -0.2) is 4.79 Å². The van der Waals surface area contributed by atoms with Gasteiger partial charge in [0.2, 0.25) is 17.7 Å². The number of carboxylic acids is 1. The number of hydrogen-bond acceptors (Lipinski definition) is 8. The van der Waals surface area contributed by atoms with Crippen LogP contribution in [0.3, 0.4) is 0 Å². The Morgan fingerprint density at radius 1 is 1.22 bits per heavy atom. The third kappa shape index (κ3) is 4.42. The molecule has 12 heteroatoms. The smallest absolute Gasteiger partial charge is 0.353 e. The Morgan fingerprint density at radius 3 is 2.64 bits per heavy atom. The monoisotopic (exact) mass is 520 g/mol. The van der Waals surface area contributed by atoms with E-state index >= 15 is 0 Å². The second-order valence-electron chi connectivity index (χ2n) is 10.7. The van der Waals surface area contributed by atoms with Gasteiger partial charge in [-0.3, -0.25) is 14.4 Å². The topological polar surface area (TPSA) is 157 Å². The summed E-state index contributed by atoms with van der Waals surface area (Å²) in [4.78, 5) is 54.7. The summed E-state index contributed by atoms with van der Waals surface area (Å²) >= 11 is 1.47. The Labute approximate surface area is 214 Å². The summed E-state index contributed by atoms with van der Waals surface area (Å²) in [5.74, 6) is -2.06. The Hall–Kier alpha value is -2.15. The summed E-state index contributed by atoms with van der Waals surface area (Å²) in [6, 6.07) is -1.20. The fourth-order valence-corrected chi connectivity index (χ4v) is 7.87. The molecule has 0 radical (unpaired) electrons. The van der Waals surface area contributed by atoms with Gasteiger partial charge in [-0.15, -0.1) is 11.8 Å². The van der Waals surface area contributed by atoms with Crippen LogP contribution in [-0.2, 0) is 19.2 Å². The van der Waals surface area contributed by atoms with Crippen molar-refractivity contribution in [1.82, 2.24) is 25.8 Å². The average Bonchev–Trinajstić information content (AvgIpc) is 3.62. The first-order valence-electron chi connectivity index (χ1n) is 13.0. The lowest BCUT2D eigenvalue weighted by Gasteiger charge is -2.47. The zero-order chi connectivity index (χ0) is 25.7. The molecule has 5 heterocycles. The van der Waals surface area contributed by atoms with Crippen LogP contribution < -0.4 is 21.7 Å². The summed E-state index contributed by atoms with van der Waals surface area (Å²) in [6.45, 7) is 6.43. The first kappa shape index (κ1) is 25.5. The maximum absolute atomic E-state index is 13.1. The molecule has 4 saturated heterocycles. The van der Waals surface area contributed by atoms with Crippen LogP contribution in [0.5, 0.6) is 0 Å². The SMILES string of the molecule is CC(NC(=O)[C@H]1CCCN1)[C@H]1C(=O)N2C(C(=O)O)=C(S[C@@H]3CN[C@H](C(=O)N4CC[C@@H](N)C4)C3)[C@H](C)[C@H]12. The molecule has 36 heavy (non-hydrogen) atoms. The van der Waals surface area contributed by atoms with Crippen molar-refractivity contribution in [3.8, 4) is 0 Å². The number of nitrogens with two attached hydrogens (primary N) is 1. The maximum atomic E-state index is 13.1. The Bertz CT molecular complexity index is 984. The molecule has 0 spiro atoms. The van der Waals surface area contributed by atoms with E-state index in [1.807, 2.05) is 18.7 Å². The van der Waals surface area contributed by atoms with Gasteiger partial charge in [-0.2, -0.15) is 0 Å². The Kier molecular flexibility index (Phi) is 7.05. The van der Waals surface area contributed by atoms with Gasteiger partial charge in [0.15, 0.2) is 0 Å². The first-order valence-corrected chi connectivity index (χ1v) is 13.8. The number of hydrogen-bond donors (Lipinski definition) is 5. The molecule has 0 saturated carbocycles. The number of carbonyl (C=O) groups is 4. The van der Waals surface area contributed by atoms with Gasteiger partial charge >= 0.3 is 5.97 Å². The first-order chi connectivity index (χ1) is 17.2. The molecular formula is C24H36N6O5S. The van der Waals surface area contributed by atoms with Gasteiger partial charge in [0.1, 0.15) is 5.70 Å². The molecule has 5 rings (SSSR count). The number of β-lactam (4-membered cyclic amide) rings is 1. The quantitative estimate of drug-likeness (QED) is 0.267. The van der Waals surface area contributed by atoms with Crippen LogP contribution in [0.2, 0.25) is 0 Å². The Morgan fingerprint density at radius 2 is 2.00 bits per heavy atom. The summed E-state index contributed by atoms with van der Waals surface area (Å²) in [6.07, 6.45) is 3.13. The van der Waals surface area contributed by atoms with Crippen molar-refractivity contribution in [2.75, 3.05) is 26.2 Å². The minimum atomic E-state index is -1.12. The summed E-state index contributed by atoms with van der Waals surface area (Å²) in [5.41, 5.74) is 6.00. The van der Waals surface area contributed by atoms with E-state index in [2.05, 4.69) is 16.0 Å². The van der Waals surface area contributed by atoms with Crippen LogP contribution >= 0.6 is 11.8 Å². The van der Waals surface area contributed by atoms with Crippen LogP contribution in [0.25, 0.3) is 0 Å². The molecule has 0 aliphatic carbocycles. The number of carboxylic acid groups (broad SMARTS) is 1. The molecule has 198 valence electrons. The summed E-state index contributed by atoms with van der Waals surface area (Å²) in [7, 11) is 0. The molecule has 8 atom stereocenters. The molecule has 5 aliphatic rings. The van der Waals surface area contributed by atoms with Crippen LogP contribution in [0.1, 0.15) is 39.5 Å². The van der Waals surface area contributed by atoms with Crippen LogP contribution in [0, 0.1) is 11.8 Å². The van der Waals surface area contributed by atoms with Gasteiger partial charge < -0.3 is 36.6 Å². The number of carbonyl (C=O) groups excluding carboxylic acids is 3. The van der Waals surface area contributed by atoms with E-state index in [0.29, 0.717) is 31.0 Å². The van der Waals surface area contributed by atoms with Crippen molar-refractivity contribution in [2.24, 2.45) is 17.6 Å². The fourth-order valence-electron chi connectivity index (χ4n) is 6.39. The van der Waals surface area contributed by atoms with Crippen LogP contribution in [0.4, 0.5) is 0 Å². The van der Waals surface area contributed by atoms with Gasteiger partial charge in [0.05, 0.1) is 24.0 Å². The normalized spacial score (nSPS) is 36.8. The predicted octanol–water partition coefficient (Wildman–Crippen LogP) is -0.961. The molecule has 6 N–H and O–H groups in total. The number of nitrogens with one attached hydrogen (secondary N) is 3. The predicted molar refractivity (Wildman–Crippen MR) is 134 cm³/mol. The van der Waals surface area contributed by atoms with Crippen LogP contribution in [-0.4, -0.2) is 100 Å². The van der Waals surface area contributed by atoms with E-state index in [1.54, 1.807) is 0 Å². The van der Waals surface area contributed by atoms with E-state index in [0.717, 1.165) is 25.8 Å². The van der Waals surface area contributed by atoms with E-state index in [4.69, 9.17) is 5.73 Å². The second kappa shape index (κ2) is 9.96. The fraction of sp³-hybridized carbons (Fsp3) is 0.750. The van der Waals surface area contributed by atoms with Crippen molar-refractivity contribution in [1.29, 1.82) is 0 Å². The highest BCUT2D eigenvalue weighted by Crippen LogP contribution is 2.51. The molecule has 1 unspecified atom stereocenters. The lowest BCUT2D eigenvalue weighted by molar-refractivity contribution is -0.158. The Balaban J connectivity index is 1.24. The highest BCUT2D eigenvalue weighted by molar-refractivity contribution is 8.03. The minimum Gasteiger partial charge on any atom is -0.477 e. The summed E-state index contributed by atoms with van der Waals surface area (Å²) in [5, 5.41) is 19.5. The number of likely N-dealkylation sites (tertiary alicyclic amines) is 1. The molecule has 0 aromatic rings. The molecule has 3 amide bonds. The van der Waals surface area contributed by atoms with E-state index < -0.39 is 17.9 Å². The molecule has 11 nitrogen and oxygen atoms in total. The highest BCUT2D eigenvalue weighted by atomic mass is 32.2. The number of thioether (sulfide) groups is 1. The number of amides is 3. The number of aliphatic carboxylic acids is 1. The summed E-state index contributed by atoms with van der Waals surface area (Å²) < 4.78 is 0. The maximum Gasteiger partial charge on any atom is 0.353 e. The van der Waals surface area contributed by atoms with Crippen molar-refractivity contribution < 1.29 is 24.3 Å². The van der Waals surface area contributed by atoms with Crippen LogP contribution in [0.15, 0.2) is 10.6 Å². The van der Waals surface area contributed by atoms with E-state index in [9.17, 15) is 24.3 Å². The van der Waals surface area contributed by atoms with Gasteiger partial charge in [-0.1, -0.05) is 6.92 Å². The van der Waals surface area contributed by atoms with Crippen molar-refractivity contribution in [3.63, 3.8) is 0 Å². The lowest BCUT2D eigenvalue weighted by atomic mass is 9.78. The van der Waals surface area contributed by atoms with Crippen molar-refractivity contribution in [2.45, 2.75) is 75.0 Å². The zero-order valence-electron chi connectivity index (χ0n) is 20.7. The molecule has 0 aromatic carbocycles. The van der Waals surface area contributed by atoms with Crippen molar-refractivity contribution >= 4 is 35.5 Å². The second-order valence-corrected chi connectivity index (χ2v) is 12.1. The third-order valence-corrected chi connectivity index (χ3v) is 9.81. The molecule has 0 bridgehead atoms. The molecule has 5 aliphatic heterocycles. The molecule has 4 fully saturated rings. The highest BCUT2D eigenvalue weighted by Gasteiger charge is 2.60. The van der Waals surface area contributed by atoms with E-state index in [-0.39, 0.29) is 58.8 Å². The zero-order valence-corrected chi connectivity index (χ0v) is 21.6.